The van der Waals surface area contributed by atoms with Crippen LogP contribution in [0.2, 0.25) is 5.02 Å². The Bertz CT molecular complexity index is 1090. The lowest BCUT2D eigenvalue weighted by atomic mass is 9.95. The molecule has 3 aromatic rings. The predicted octanol–water partition coefficient (Wildman–Crippen LogP) is 5.91. The number of halogens is 1. The molecule has 2 aromatic carbocycles. The molecule has 0 saturated heterocycles. The molecule has 0 bridgehead atoms. The second-order valence-electron chi connectivity index (χ2n) is 8.15. The van der Waals surface area contributed by atoms with Crippen molar-refractivity contribution >= 4 is 35.5 Å². The van der Waals surface area contributed by atoms with Gasteiger partial charge in [0.1, 0.15) is 0 Å². The van der Waals surface area contributed by atoms with E-state index in [1.165, 1.54) is 36.6 Å². The van der Waals surface area contributed by atoms with E-state index in [9.17, 15) is 4.79 Å². The zero-order valence-electron chi connectivity index (χ0n) is 18.7. The van der Waals surface area contributed by atoms with Crippen molar-refractivity contribution in [3.8, 4) is 11.4 Å². The molecule has 1 N–H and O–H groups in total. The predicted molar refractivity (Wildman–Crippen MR) is 135 cm³/mol. The number of carbonyl (C=O) groups excluding carboxylic acids is 1. The maximum absolute atomic E-state index is 12.4. The molecule has 1 amide bonds. The number of benzene rings is 2. The molecule has 1 aromatic heterocycles. The zero-order valence-corrected chi connectivity index (χ0v) is 20.3. The number of nitrogens with one attached hydrogen (secondary N) is 1. The van der Waals surface area contributed by atoms with Crippen LogP contribution in [0, 0.1) is 0 Å². The number of thioether (sulfide) groups is 1. The zero-order chi connectivity index (χ0) is 23.0. The first-order chi connectivity index (χ1) is 16.1. The first-order valence-electron chi connectivity index (χ1n) is 11.4. The van der Waals surface area contributed by atoms with Gasteiger partial charge in [0, 0.05) is 16.6 Å². The topological polar surface area (TPSA) is 72.2 Å². The molecule has 0 spiro atoms. The second-order valence-corrected chi connectivity index (χ2v) is 9.53. The smallest absolute Gasteiger partial charge is 0.250 e. The van der Waals surface area contributed by atoms with E-state index in [2.05, 4.69) is 44.3 Å². The summed E-state index contributed by atoms with van der Waals surface area (Å²) in [5.74, 6) is 0.875. The Morgan fingerprint density at radius 3 is 2.55 bits per heavy atom. The summed E-state index contributed by atoms with van der Waals surface area (Å²) < 4.78 is 2.21. The molecular weight excluding hydrogens is 454 g/mol. The molecule has 4 rings (SSSR count). The van der Waals surface area contributed by atoms with Gasteiger partial charge in [0.05, 0.1) is 12.0 Å². The first-order valence-corrected chi connectivity index (χ1v) is 12.7. The molecule has 1 heterocycles. The maximum atomic E-state index is 12.4. The molecule has 1 saturated carbocycles. The fraction of sp³-hybridized carbons (Fsp3) is 0.360. The average molecular weight is 482 g/mol. The number of rotatable bonds is 8. The molecule has 1 aliphatic rings. The molecule has 8 heteroatoms. The Kier molecular flexibility index (Phi) is 8.18. The van der Waals surface area contributed by atoms with Gasteiger partial charge < -0.3 is 0 Å². The minimum atomic E-state index is -0.173. The van der Waals surface area contributed by atoms with E-state index < -0.39 is 0 Å². The minimum Gasteiger partial charge on any atom is -0.299 e. The van der Waals surface area contributed by atoms with Gasteiger partial charge in [-0.25, -0.2) is 5.43 Å². The van der Waals surface area contributed by atoms with Gasteiger partial charge in [0.25, 0.3) is 5.91 Å². The van der Waals surface area contributed by atoms with E-state index in [1.807, 2.05) is 36.4 Å². The minimum absolute atomic E-state index is 0.173. The number of hydrogen-bond acceptors (Lipinski definition) is 5. The Balaban J connectivity index is 1.42. The Hall–Kier alpha value is -2.64. The van der Waals surface area contributed by atoms with Crippen LogP contribution in [0.25, 0.3) is 11.4 Å². The number of nitrogens with zero attached hydrogens (tertiary/aromatic N) is 4. The fourth-order valence-corrected chi connectivity index (χ4v) is 4.94. The third-order valence-electron chi connectivity index (χ3n) is 5.83. The molecule has 0 radical (unpaired) electrons. The van der Waals surface area contributed by atoms with E-state index in [0.29, 0.717) is 11.1 Å². The van der Waals surface area contributed by atoms with Crippen molar-refractivity contribution in [2.75, 3.05) is 5.75 Å². The molecule has 6 nitrogen and oxygen atoms in total. The SMILES string of the molecule is CCc1ccc(/C=N/NC(=O)CSc2nnc(-c3ccc(Cl)cc3)n2C2CCCCC2)cc1. The summed E-state index contributed by atoms with van der Waals surface area (Å²) in [6.45, 7) is 2.12. The van der Waals surface area contributed by atoms with Crippen molar-refractivity contribution in [2.24, 2.45) is 5.10 Å². The second kappa shape index (κ2) is 11.5. The van der Waals surface area contributed by atoms with Gasteiger partial charge >= 0.3 is 0 Å². The highest BCUT2D eigenvalue weighted by atomic mass is 35.5. The first kappa shape index (κ1) is 23.5. The molecule has 0 unspecified atom stereocenters. The summed E-state index contributed by atoms with van der Waals surface area (Å²) >= 11 is 7.46. The molecule has 0 atom stereocenters. The van der Waals surface area contributed by atoms with Crippen molar-refractivity contribution in [1.29, 1.82) is 0 Å². The van der Waals surface area contributed by atoms with E-state index in [-0.39, 0.29) is 11.7 Å². The van der Waals surface area contributed by atoms with Crippen LogP contribution in [0.3, 0.4) is 0 Å². The molecule has 0 aliphatic heterocycles. The highest BCUT2D eigenvalue weighted by Crippen LogP contribution is 2.35. The third kappa shape index (κ3) is 6.24. The van der Waals surface area contributed by atoms with Crippen LogP contribution in [0.5, 0.6) is 0 Å². The van der Waals surface area contributed by atoms with Gasteiger partial charge in [-0.3, -0.25) is 9.36 Å². The van der Waals surface area contributed by atoms with Crippen LogP contribution in [-0.4, -0.2) is 32.6 Å². The molecular formula is C25H28ClN5OS. The van der Waals surface area contributed by atoms with E-state index in [0.717, 1.165) is 41.4 Å². The normalized spacial score (nSPS) is 14.6. The van der Waals surface area contributed by atoms with Crippen LogP contribution in [-0.2, 0) is 11.2 Å². The third-order valence-corrected chi connectivity index (χ3v) is 7.03. The van der Waals surface area contributed by atoms with Gasteiger partial charge in [0.2, 0.25) is 0 Å². The largest absolute Gasteiger partial charge is 0.299 e. The van der Waals surface area contributed by atoms with Crippen LogP contribution in [0.15, 0.2) is 58.8 Å². The summed E-state index contributed by atoms with van der Waals surface area (Å²) in [5.41, 5.74) is 5.81. The Morgan fingerprint density at radius 1 is 1.12 bits per heavy atom. The number of aryl methyl sites for hydroxylation is 1. The van der Waals surface area contributed by atoms with Gasteiger partial charge in [0.15, 0.2) is 11.0 Å². The fourth-order valence-electron chi connectivity index (χ4n) is 4.02. The van der Waals surface area contributed by atoms with E-state index >= 15 is 0 Å². The van der Waals surface area contributed by atoms with Crippen molar-refractivity contribution < 1.29 is 4.79 Å². The standard InChI is InChI=1S/C25H28ClN5OS/c1-2-18-8-10-19(11-9-18)16-27-28-23(32)17-33-25-30-29-24(20-12-14-21(26)15-13-20)31(25)22-6-4-3-5-7-22/h8-16,22H,2-7,17H2,1H3,(H,28,32)/b27-16+. The summed E-state index contributed by atoms with van der Waals surface area (Å²) in [6, 6.07) is 16.1. The summed E-state index contributed by atoms with van der Waals surface area (Å²) in [5, 5.41) is 14.4. The van der Waals surface area contributed by atoms with Crippen molar-refractivity contribution in [1.82, 2.24) is 20.2 Å². The average Bonchev–Trinajstić information content (AvgIpc) is 3.28. The lowest BCUT2D eigenvalue weighted by Gasteiger charge is -2.25. The van der Waals surface area contributed by atoms with Crippen molar-refractivity contribution in [3.05, 3.63) is 64.7 Å². The quantitative estimate of drug-likeness (QED) is 0.246. The highest BCUT2D eigenvalue weighted by molar-refractivity contribution is 7.99. The Morgan fingerprint density at radius 2 is 1.85 bits per heavy atom. The van der Waals surface area contributed by atoms with Gasteiger partial charge in [-0.1, -0.05) is 73.8 Å². The van der Waals surface area contributed by atoms with Crippen LogP contribution in [0.4, 0.5) is 0 Å². The van der Waals surface area contributed by atoms with Gasteiger partial charge in [-0.05, 0) is 54.7 Å². The lowest BCUT2D eigenvalue weighted by molar-refractivity contribution is -0.118. The monoisotopic (exact) mass is 481 g/mol. The van der Waals surface area contributed by atoms with Crippen LogP contribution >= 0.6 is 23.4 Å². The van der Waals surface area contributed by atoms with E-state index in [1.54, 1.807) is 6.21 Å². The number of amides is 1. The number of hydrogen-bond donors (Lipinski definition) is 1. The number of aromatic nitrogens is 3. The van der Waals surface area contributed by atoms with E-state index in [4.69, 9.17) is 11.6 Å². The van der Waals surface area contributed by atoms with Gasteiger partial charge in [-0.2, -0.15) is 5.10 Å². The maximum Gasteiger partial charge on any atom is 0.250 e. The Labute approximate surface area is 203 Å². The van der Waals surface area contributed by atoms with Gasteiger partial charge in [-0.15, -0.1) is 10.2 Å². The summed E-state index contributed by atoms with van der Waals surface area (Å²) in [7, 11) is 0. The van der Waals surface area contributed by atoms with Crippen molar-refractivity contribution in [2.45, 2.75) is 56.6 Å². The number of carbonyl (C=O) groups is 1. The van der Waals surface area contributed by atoms with Crippen molar-refractivity contribution in [3.63, 3.8) is 0 Å². The molecule has 172 valence electrons. The number of hydrazone groups is 1. The summed E-state index contributed by atoms with van der Waals surface area (Å²) in [4.78, 5) is 12.4. The van der Waals surface area contributed by atoms with Crippen LogP contribution < -0.4 is 5.43 Å². The summed E-state index contributed by atoms with van der Waals surface area (Å²) in [6.07, 6.45) is 8.50. The molecule has 1 fully saturated rings. The molecule has 1 aliphatic carbocycles. The highest BCUT2D eigenvalue weighted by Gasteiger charge is 2.24. The molecule has 33 heavy (non-hydrogen) atoms. The van der Waals surface area contributed by atoms with Crippen LogP contribution in [0.1, 0.15) is 56.2 Å². The lowest BCUT2D eigenvalue weighted by Crippen LogP contribution is -2.20.